The second-order valence-corrected chi connectivity index (χ2v) is 5.52. The van der Waals surface area contributed by atoms with Gasteiger partial charge in [-0.1, -0.05) is 0 Å². The molecule has 0 unspecified atom stereocenters. The maximum atomic E-state index is 11.8. The monoisotopic (exact) mass is 199 g/mol. The SMILES string of the molecule is CC(C)(C)OC(=O)[C@H]1CCNC1(C)C. The second kappa shape index (κ2) is 3.54. The Morgan fingerprint density at radius 1 is 1.43 bits per heavy atom. The van der Waals surface area contributed by atoms with Crippen LogP contribution in [0.5, 0.6) is 0 Å². The molecule has 14 heavy (non-hydrogen) atoms. The van der Waals surface area contributed by atoms with Gasteiger partial charge < -0.3 is 10.1 Å². The van der Waals surface area contributed by atoms with E-state index in [0.29, 0.717) is 0 Å². The molecule has 3 heteroatoms. The van der Waals surface area contributed by atoms with Gasteiger partial charge in [-0.25, -0.2) is 0 Å². The smallest absolute Gasteiger partial charge is 0.311 e. The van der Waals surface area contributed by atoms with Crippen molar-refractivity contribution >= 4 is 5.97 Å². The molecule has 3 nitrogen and oxygen atoms in total. The van der Waals surface area contributed by atoms with Gasteiger partial charge in [-0.2, -0.15) is 0 Å². The number of nitrogens with one attached hydrogen (secondary N) is 1. The molecular formula is C11H21NO2. The van der Waals surface area contributed by atoms with Crippen LogP contribution < -0.4 is 5.32 Å². The minimum absolute atomic E-state index is 0.0123. The van der Waals surface area contributed by atoms with E-state index in [-0.39, 0.29) is 23.0 Å². The van der Waals surface area contributed by atoms with E-state index < -0.39 is 0 Å². The summed E-state index contributed by atoms with van der Waals surface area (Å²) in [5.41, 5.74) is -0.502. The fourth-order valence-corrected chi connectivity index (χ4v) is 1.81. The van der Waals surface area contributed by atoms with E-state index in [1.54, 1.807) is 0 Å². The van der Waals surface area contributed by atoms with Gasteiger partial charge in [0.15, 0.2) is 0 Å². The van der Waals surface area contributed by atoms with Crippen molar-refractivity contribution in [3.63, 3.8) is 0 Å². The molecule has 0 aromatic carbocycles. The zero-order valence-corrected chi connectivity index (χ0v) is 9.81. The minimum atomic E-state index is -0.379. The van der Waals surface area contributed by atoms with Gasteiger partial charge in [-0.15, -0.1) is 0 Å². The van der Waals surface area contributed by atoms with Gasteiger partial charge in [0, 0.05) is 5.54 Å². The Morgan fingerprint density at radius 3 is 2.36 bits per heavy atom. The third-order valence-corrected chi connectivity index (χ3v) is 2.58. The van der Waals surface area contributed by atoms with Crippen molar-refractivity contribution in [1.82, 2.24) is 5.32 Å². The number of hydrogen-bond acceptors (Lipinski definition) is 3. The van der Waals surface area contributed by atoms with Crippen LogP contribution in [0.25, 0.3) is 0 Å². The summed E-state index contributed by atoms with van der Waals surface area (Å²) in [6.45, 7) is 10.7. The molecule has 0 aliphatic carbocycles. The summed E-state index contributed by atoms with van der Waals surface area (Å²) in [6, 6.07) is 0. The summed E-state index contributed by atoms with van der Waals surface area (Å²) in [6.07, 6.45) is 0.877. The highest BCUT2D eigenvalue weighted by molar-refractivity contribution is 5.75. The first-order valence-corrected chi connectivity index (χ1v) is 5.20. The molecule has 1 atom stereocenters. The zero-order valence-electron chi connectivity index (χ0n) is 9.81. The Balaban J connectivity index is 2.62. The Bertz CT molecular complexity index is 228. The summed E-state index contributed by atoms with van der Waals surface area (Å²) >= 11 is 0. The number of carbonyl (C=O) groups is 1. The van der Waals surface area contributed by atoms with Crippen LogP contribution in [0.4, 0.5) is 0 Å². The molecule has 1 aliphatic heterocycles. The van der Waals surface area contributed by atoms with Gasteiger partial charge in [-0.3, -0.25) is 4.79 Å². The van der Waals surface area contributed by atoms with Crippen molar-refractivity contribution < 1.29 is 9.53 Å². The average Bonchev–Trinajstić information content (AvgIpc) is 2.25. The van der Waals surface area contributed by atoms with Gasteiger partial charge >= 0.3 is 5.97 Å². The first-order valence-electron chi connectivity index (χ1n) is 5.20. The third-order valence-electron chi connectivity index (χ3n) is 2.58. The first kappa shape index (κ1) is 11.5. The number of esters is 1. The zero-order chi connectivity index (χ0) is 11.0. The highest BCUT2D eigenvalue weighted by Gasteiger charge is 2.41. The number of ether oxygens (including phenoxy) is 1. The van der Waals surface area contributed by atoms with Crippen molar-refractivity contribution in [2.24, 2.45) is 5.92 Å². The van der Waals surface area contributed by atoms with Crippen molar-refractivity contribution in [3.05, 3.63) is 0 Å². The Labute approximate surface area is 86.2 Å². The average molecular weight is 199 g/mol. The van der Waals surface area contributed by atoms with Crippen LogP contribution in [0.15, 0.2) is 0 Å². The molecule has 1 saturated heterocycles. The van der Waals surface area contributed by atoms with Crippen LogP contribution >= 0.6 is 0 Å². The lowest BCUT2D eigenvalue weighted by atomic mass is 9.89. The summed E-state index contributed by atoms with van der Waals surface area (Å²) in [5, 5.41) is 3.31. The van der Waals surface area contributed by atoms with Crippen molar-refractivity contribution in [3.8, 4) is 0 Å². The maximum Gasteiger partial charge on any atom is 0.311 e. The van der Waals surface area contributed by atoms with Crippen LogP contribution in [-0.2, 0) is 9.53 Å². The fraction of sp³-hybridized carbons (Fsp3) is 0.909. The summed E-state index contributed by atoms with van der Waals surface area (Å²) in [4.78, 5) is 11.8. The van der Waals surface area contributed by atoms with Crippen LogP contribution in [0.2, 0.25) is 0 Å². The quantitative estimate of drug-likeness (QED) is 0.653. The lowest BCUT2D eigenvalue weighted by molar-refractivity contribution is -0.161. The molecule has 0 radical (unpaired) electrons. The Hall–Kier alpha value is -0.570. The molecule has 1 rings (SSSR count). The summed E-state index contributed by atoms with van der Waals surface area (Å²) < 4.78 is 5.38. The minimum Gasteiger partial charge on any atom is -0.460 e. The normalized spacial score (nSPS) is 26.2. The molecule has 0 spiro atoms. The predicted molar refractivity (Wildman–Crippen MR) is 56.0 cm³/mol. The van der Waals surface area contributed by atoms with Crippen LogP contribution in [0.3, 0.4) is 0 Å². The third kappa shape index (κ3) is 2.71. The lowest BCUT2D eigenvalue weighted by Gasteiger charge is -2.29. The number of hydrogen-bond donors (Lipinski definition) is 1. The standard InChI is InChI=1S/C11H21NO2/c1-10(2,3)14-9(13)8-6-7-12-11(8,4)5/h8,12H,6-7H2,1-5H3/t8-/m1/s1. The van der Waals surface area contributed by atoms with Crippen LogP contribution in [0, 0.1) is 5.92 Å². The summed E-state index contributed by atoms with van der Waals surface area (Å²) in [5.74, 6) is -0.0887. The molecule has 0 saturated carbocycles. The molecule has 0 bridgehead atoms. The fourth-order valence-electron chi connectivity index (χ4n) is 1.81. The molecule has 0 aromatic rings. The van der Waals surface area contributed by atoms with Gasteiger partial charge in [-0.05, 0) is 47.6 Å². The topological polar surface area (TPSA) is 38.3 Å². The second-order valence-electron chi connectivity index (χ2n) is 5.52. The molecule has 0 amide bonds. The Morgan fingerprint density at radius 2 is 2.00 bits per heavy atom. The van der Waals surface area contributed by atoms with Crippen LogP contribution in [-0.4, -0.2) is 23.7 Å². The van der Waals surface area contributed by atoms with E-state index in [0.717, 1.165) is 13.0 Å². The molecule has 1 fully saturated rings. The maximum absolute atomic E-state index is 11.8. The highest BCUT2D eigenvalue weighted by Crippen LogP contribution is 2.28. The molecule has 82 valence electrons. The van der Waals surface area contributed by atoms with E-state index in [9.17, 15) is 4.79 Å². The van der Waals surface area contributed by atoms with E-state index in [2.05, 4.69) is 19.2 Å². The first-order chi connectivity index (χ1) is 6.22. The number of rotatable bonds is 1. The van der Waals surface area contributed by atoms with Gasteiger partial charge in [0.05, 0.1) is 5.92 Å². The lowest BCUT2D eigenvalue weighted by Crippen LogP contribution is -2.43. The van der Waals surface area contributed by atoms with E-state index in [1.807, 2.05) is 20.8 Å². The largest absolute Gasteiger partial charge is 0.460 e. The van der Waals surface area contributed by atoms with Crippen molar-refractivity contribution in [2.75, 3.05) is 6.54 Å². The molecule has 1 aliphatic rings. The van der Waals surface area contributed by atoms with E-state index >= 15 is 0 Å². The van der Waals surface area contributed by atoms with Gasteiger partial charge in [0.1, 0.15) is 5.60 Å². The predicted octanol–water partition coefficient (Wildman–Crippen LogP) is 1.72. The van der Waals surface area contributed by atoms with E-state index in [4.69, 9.17) is 4.74 Å². The molecule has 1 heterocycles. The van der Waals surface area contributed by atoms with Crippen molar-refractivity contribution in [2.45, 2.75) is 52.2 Å². The summed E-state index contributed by atoms with van der Waals surface area (Å²) in [7, 11) is 0. The molecular weight excluding hydrogens is 178 g/mol. The van der Waals surface area contributed by atoms with E-state index in [1.165, 1.54) is 0 Å². The highest BCUT2D eigenvalue weighted by atomic mass is 16.6. The van der Waals surface area contributed by atoms with Gasteiger partial charge in [0.25, 0.3) is 0 Å². The molecule has 1 N–H and O–H groups in total. The van der Waals surface area contributed by atoms with Crippen molar-refractivity contribution in [1.29, 1.82) is 0 Å². The number of carbonyl (C=O) groups excluding carboxylic acids is 1. The Kier molecular flexibility index (Phi) is 2.91. The van der Waals surface area contributed by atoms with Gasteiger partial charge in [0.2, 0.25) is 0 Å². The van der Waals surface area contributed by atoms with Crippen LogP contribution in [0.1, 0.15) is 41.0 Å². The molecule has 0 aromatic heterocycles.